The molecule has 0 spiro atoms. The normalized spacial score (nSPS) is 10.8. The van der Waals surface area contributed by atoms with Gasteiger partial charge in [0.1, 0.15) is 0 Å². The van der Waals surface area contributed by atoms with E-state index in [1.165, 1.54) is 5.56 Å². The lowest BCUT2D eigenvalue weighted by Gasteiger charge is -1.96. The van der Waals surface area contributed by atoms with Crippen molar-refractivity contribution in [3.63, 3.8) is 0 Å². The summed E-state index contributed by atoms with van der Waals surface area (Å²) < 4.78 is 1.57. The summed E-state index contributed by atoms with van der Waals surface area (Å²) in [7, 11) is 1.76. The van der Waals surface area contributed by atoms with Crippen molar-refractivity contribution in [2.45, 2.75) is 6.92 Å². The molecule has 92 valence electrons. The Labute approximate surface area is 105 Å². The van der Waals surface area contributed by atoms with Crippen LogP contribution in [0.25, 0.3) is 0 Å². The second-order valence-electron chi connectivity index (χ2n) is 3.98. The van der Waals surface area contributed by atoms with E-state index in [-0.39, 0.29) is 5.91 Å². The minimum absolute atomic E-state index is 0.320. The predicted octanol–water partition coefficient (Wildman–Crippen LogP) is 1.49. The molecule has 1 aromatic carbocycles. The first kappa shape index (κ1) is 12.0. The standard InChI is InChI=1S/C13H14N4O/c1-10-3-5-11(6-4-10)9-14-15-13(18)12-7-8-17(2)16-12/h3-9H,1-2H3,(H,15,18)/b14-9-. The lowest BCUT2D eigenvalue weighted by atomic mass is 10.2. The first-order valence-corrected chi connectivity index (χ1v) is 5.55. The van der Waals surface area contributed by atoms with Gasteiger partial charge in [-0.3, -0.25) is 9.48 Å². The smallest absolute Gasteiger partial charge is 0.275 e. The van der Waals surface area contributed by atoms with Crippen molar-refractivity contribution >= 4 is 12.1 Å². The van der Waals surface area contributed by atoms with Crippen LogP contribution < -0.4 is 5.43 Å². The molecule has 0 aliphatic rings. The predicted molar refractivity (Wildman–Crippen MR) is 69.4 cm³/mol. The molecule has 1 aromatic heterocycles. The molecule has 0 atom stereocenters. The number of rotatable bonds is 3. The van der Waals surface area contributed by atoms with Crippen LogP contribution in [0.15, 0.2) is 41.6 Å². The molecule has 0 saturated carbocycles. The van der Waals surface area contributed by atoms with E-state index in [9.17, 15) is 4.79 Å². The van der Waals surface area contributed by atoms with E-state index in [4.69, 9.17) is 0 Å². The molecular formula is C13H14N4O. The van der Waals surface area contributed by atoms with Crippen molar-refractivity contribution in [3.8, 4) is 0 Å². The molecule has 5 heteroatoms. The van der Waals surface area contributed by atoms with Gasteiger partial charge in [-0.05, 0) is 18.6 Å². The first-order chi connectivity index (χ1) is 8.65. The van der Waals surface area contributed by atoms with E-state index in [1.54, 1.807) is 30.2 Å². The molecule has 0 saturated heterocycles. The van der Waals surface area contributed by atoms with Crippen molar-refractivity contribution in [2.24, 2.45) is 12.1 Å². The molecule has 1 heterocycles. The highest BCUT2D eigenvalue weighted by atomic mass is 16.2. The number of aromatic nitrogens is 2. The van der Waals surface area contributed by atoms with E-state index in [0.717, 1.165) is 5.56 Å². The Morgan fingerprint density at radius 1 is 1.33 bits per heavy atom. The highest BCUT2D eigenvalue weighted by molar-refractivity contribution is 5.92. The minimum atomic E-state index is -0.320. The van der Waals surface area contributed by atoms with Crippen molar-refractivity contribution in [1.29, 1.82) is 0 Å². The van der Waals surface area contributed by atoms with E-state index in [2.05, 4.69) is 15.6 Å². The third-order valence-electron chi connectivity index (χ3n) is 2.40. The number of carbonyl (C=O) groups excluding carboxylic acids is 1. The van der Waals surface area contributed by atoms with Crippen LogP contribution in [0.5, 0.6) is 0 Å². The molecule has 1 amide bonds. The monoisotopic (exact) mass is 242 g/mol. The Hall–Kier alpha value is -2.43. The van der Waals surface area contributed by atoms with Gasteiger partial charge in [-0.25, -0.2) is 5.43 Å². The number of benzene rings is 1. The molecule has 1 N–H and O–H groups in total. The molecule has 5 nitrogen and oxygen atoms in total. The van der Waals surface area contributed by atoms with E-state index < -0.39 is 0 Å². The fraction of sp³-hybridized carbons (Fsp3) is 0.154. The van der Waals surface area contributed by atoms with Crippen molar-refractivity contribution in [3.05, 3.63) is 53.3 Å². The Kier molecular flexibility index (Phi) is 3.52. The highest BCUT2D eigenvalue weighted by Gasteiger charge is 2.06. The van der Waals surface area contributed by atoms with Crippen LogP contribution in [0.4, 0.5) is 0 Å². The molecule has 0 fully saturated rings. The second-order valence-corrected chi connectivity index (χ2v) is 3.98. The van der Waals surface area contributed by atoms with E-state index >= 15 is 0 Å². The zero-order valence-corrected chi connectivity index (χ0v) is 10.3. The van der Waals surface area contributed by atoms with Crippen molar-refractivity contribution < 1.29 is 4.79 Å². The summed E-state index contributed by atoms with van der Waals surface area (Å²) in [5.74, 6) is -0.320. The summed E-state index contributed by atoms with van der Waals surface area (Å²) in [6.07, 6.45) is 3.30. The molecule has 0 bridgehead atoms. The number of carbonyl (C=O) groups is 1. The largest absolute Gasteiger partial charge is 0.291 e. The van der Waals surface area contributed by atoms with Crippen LogP contribution in [-0.2, 0) is 7.05 Å². The molecule has 0 unspecified atom stereocenters. The fourth-order valence-electron chi connectivity index (χ4n) is 1.41. The maximum atomic E-state index is 11.6. The minimum Gasteiger partial charge on any atom is -0.275 e. The molecular weight excluding hydrogens is 228 g/mol. The van der Waals surface area contributed by atoms with E-state index in [0.29, 0.717) is 5.69 Å². The zero-order chi connectivity index (χ0) is 13.0. The number of aryl methyl sites for hydroxylation is 2. The van der Waals surface area contributed by atoms with Gasteiger partial charge in [0.05, 0.1) is 6.21 Å². The third-order valence-corrected chi connectivity index (χ3v) is 2.40. The number of nitrogens with zero attached hydrogens (tertiary/aromatic N) is 3. The van der Waals surface area contributed by atoms with Gasteiger partial charge in [-0.2, -0.15) is 10.2 Å². The van der Waals surface area contributed by atoms with Gasteiger partial charge >= 0.3 is 0 Å². The average molecular weight is 242 g/mol. The Bertz CT molecular complexity index is 569. The molecule has 2 rings (SSSR count). The Morgan fingerprint density at radius 2 is 2.06 bits per heavy atom. The second kappa shape index (κ2) is 5.27. The van der Waals surface area contributed by atoms with Crippen molar-refractivity contribution in [2.75, 3.05) is 0 Å². The van der Waals surface area contributed by atoms with Gasteiger partial charge in [0.2, 0.25) is 0 Å². The lowest BCUT2D eigenvalue weighted by molar-refractivity contribution is 0.0949. The summed E-state index contributed by atoms with van der Waals surface area (Å²) in [5, 5.41) is 7.86. The summed E-state index contributed by atoms with van der Waals surface area (Å²) >= 11 is 0. The summed E-state index contributed by atoms with van der Waals surface area (Å²) in [5.41, 5.74) is 4.89. The maximum absolute atomic E-state index is 11.6. The van der Waals surface area contributed by atoms with Gasteiger partial charge in [0, 0.05) is 13.2 Å². The van der Waals surface area contributed by atoms with Gasteiger partial charge in [0.15, 0.2) is 5.69 Å². The quantitative estimate of drug-likeness (QED) is 0.655. The molecule has 0 aliphatic carbocycles. The molecule has 0 radical (unpaired) electrons. The number of hydrogen-bond acceptors (Lipinski definition) is 3. The zero-order valence-electron chi connectivity index (χ0n) is 10.3. The number of amides is 1. The van der Waals surface area contributed by atoms with Gasteiger partial charge in [0.25, 0.3) is 5.91 Å². The van der Waals surface area contributed by atoms with Crippen molar-refractivity contribution in [1.82, 2.24) is 15.2 Å². The summed E-state index contributed by atoms with van der Waals surface area (Å²) in [6.45, 7) is 2.02. The number of hydrazone groups is 1. The Balaban J connectivity index is 1.95. The summed E-state index contributed by atoms with van der Waals surface area (Å²) in [6, 6.07) is 9.48. The van der Waals surface area contributed by atoms with Crippen LogP contribution in [0.3, 0.4) is 0 Å². The van der Waals surface area contributed by atoms with Crippen LogP contribution in [-0.4, -0.2) is 21.9 Å². The van der Waals surface area contributed by atoms with Gasteiger partial charge in [-0.15, -0.1) is 0 Å². The third kappa shape index (κ3) is 3.04. The van der Waals surface area contributed by atoms with E-state index in [1.807, 2.05) is 31.2 Å². The lowest BCUT2D eigenvalue weighted by Crippen LogP contribution is -2.18. The number of nitrogens with one attached hydrogen (secondary N) is 1. The van der Waals surface area contributed by atoms with Gasteiger partial charge in [-0.1, -0.05) is 29.8 Å². The van der Waals surface area contributed by atoms with Crippen LogP contribution in [0, 0.1) is 6.92 Å². The highest BCUT2D eigenvalue weighted by Crippen LogP contribution is 2.00. The fourth-order valence-corrected chi connectivity index (χ4v) is 1.41. The summed E-state index contributed by atoms with van der Waals surface area (Å²) in [4.78, 5) is 11.6. The van der Waals surface area contributed by atoms with Gasteiger partial charge < -0.3 is 0 Å². The number of hydrogen-bond donors (Lipinski definition) is 1. The molecule has 2 aromatic rings. The SMILES string of the molecule is Cc1ccc(/C=N\NC(=O)c2ccn(C)n2)cc1. The maximum Gasteiger partial charge on any atom is 0.291 e. The van der Waals surface area contributed by atoms with Crippen LogP contribution >= 0.6 is 0 Å². The van der Waals surface area contributed by atoms with Crippen LogP contribution in [0.1, 0.15) is 21.6 Å². The topological polar surface area (TPSA) is 59.3 Å². The van der Waals surface area contributed by atoms with Crippen LogP contribution in [0.2, 0.25) is 0 Å². The first-order valence-electron chi connectivity index (χ1n) is 5.55. The molecule has 18 heavy (non-hydrogen) atoms. The average Bonchev–Trinajstić information content (AvgIpc) is 2.78. The molecule has 0 aliphatic heterocycles. The Morgan fingerprint density at radius 3 is 2.67 bits per heavy atom.